The Balaban J connectivity index is 2.05. The van der Waals surface area contributed by atoms with Gasteiger partial charge in [-0.15, -0.1) is 0 Å². The zero-order valence-electron chi connectivity index (χ0n) is 25.0. The Morgan fingerprint density at radius 2 is 1.88 bits per heavy atom. The summed E-state index contributed by atoms with van der Waals surface area (Å²) in [6, 6.07) is 13.7. The highest BCUT2D eigenvalue weighted by molar-refractivity contribution is 6.01. The smallest absolute Gasteiger partial charge is 0.306 e. The van der Waals surface area contributed by atoms with E-state index >= 15 is 0 Å². The van der Waals surface area contributed by atoms with E-state index in [1.54, 1.807) is 76.4 Å². The predicted octanol–water partition coefficient (Wildman–Crippen LogP) is 4.43. The Morgan fingerprint density at radius 3 is 2.56 bits per heavy atom. The highest BCUT2D eigenvalue weighted by Gasteiger charge is 2.54. The monoisotopic (exact) mass is 596 g/mol. The number of esters is 1. The van der Waals surface area contributed by atoms with Gasteiger partial charge in [0.15, 0.2) is 11.6 Å². The number of amides is 1. The third-order valence-corrected chi connectivity index (χ3v) is 6.38. The molecule has 0 aliphatic carbocycles. The van der Waals surface area contributed by atoms with Crippen molar-refractivity contribution in [2.24, 2.45) is 10.1 Å². The van der Waals surface area contributed by atoms with Crippen molar-refractivity contribution in [3.8, 4) is 5.75 Å². The summed E-state index contributed by atoms with van der Waals surface area (Å²) in [5.41, 5.74) is 13.8. The molecule has 0 saturated carbocycles. The first kappa shape index (κ1) is 33.3. The molecule has 1 aliphatic heterocycles. The lowest BCUT2D eigenvalue weighted by Gasteiger charge is -2.31. The minimum absolute atomic E-state index is 0.0239. The topological polar surface area (TPSA) is 176 Å². The van der Waals surface area contributed by atoms with E-state index in [1.165, 1.54) is 0 Å². The number of carbonyl (C=O) groups excluding carboxylic acids is 2. The highest BCUT2D eigenvalue weighted by atomic mass is 16.6. The number of ether oxygens (including phenoxy) is 4. The highest BCUT2D eigenvalue weighted by Crippen LogP contribution is 2.46. The summed E-state index contributed by atoms with van der Waals surface area (Å²) in [5, 5.41) is 12.8. The normalized spacial score (nSPS) is 17.8. The first-order valence-corrected chi connectivity index (χ1v) is 14.1. The van der Waals surface area contributed by atoms with Gasteiger partial charge in [0.2, 0.25) is 5.90 Å². The summed E-state index contributed by atoms with van der Waals surface area (Å²) >= 11 is 0. The minimum atomic E-state index is -1.64. The van der Waals surface area contributed by atoms with Crippen molar-refractivity contribution in [2.45, 2.75) is 63.7 Å². The number of benzene rings is 2. The van der Waals surface area contributed by atoms with E-state index in [0.29, 0.717) is 49.5 Å². The van der Waals surface area contributed by atoms with Gasteiger partial charge in [-0.3, -0.25) is 15.0 Å². The van der Waals surface area contributed by atoms with Crippen molar-refractivity contribution >= 4 is 23.5 Å². The maximum atomic E-state index is 14.0. The molecule has 0 radical (unpaired) electrons. The number of hydrogen-bond donors (Lipinski definition) is 3. The van der Waals surface area contributed by atoms with Crippen molar-refractivity contribution in [3.63, 3.8) is 0 Å². The number of azide groups is 1. The van der Waals surface area contributed by atoms with E-state index in [4.69, 9.17) is 29.0 Å². The number of aliphatic imine (C=N–C) groups is 1. The Bertz CT molecular complexity index is 1300. The summed E-state index contributed by atoms with van der Waals surface area (Å²) in [5.74, 6) is -0.271. The van der Waals surface area contributed by atoms with Gasteiger partial charge in [0, 0.05) is 61.4 Å². The number of hydrazine groups is 1. The van der Waals surface area contributed by atoms with Crippen molar-refractivity contribution < 1.29 is 33.6 Å². The average Bonchev–Trinajstić information content (AvgIpc) is 3.37. The van der Waals surface area contributed by atoms with Crippen molar-refractivity contribution in [2.75, 3.05) is 33.5 Å². The molecule has 232 valence electrons. The van der Waals surface area contributed by atoms with Crippen LogP contribution >= 0.6 is 0 Å². The fraction of sp³-hybridized carbons (Fsp3) is 0.500. The molecular formula is C30H40N6O7. The van der Waals surface area contributed by atoms with Gasteiger partial charge in [0.25, 0.3) is 5.91 Å². The molecule has 3 N–H and O–H groups in total. The molecule has 0 spiro atoms. The first-order chi connectivity index (χ1) is 20.6. The fourth-order valence-corrected chi connectivity index (χ4v) is 4.44. The quantitative estimate of drug-likeness (QED) is 0.0637. The molecule has 13 heteroatoms. The number of nitrogens with one attached hydrogen (secondary N) is 2. The summed E-state index contributed by atoms with van der Waals surface area (Å²) in [6.45, 7) is 6.61. The van der Waals surface area contributed by atoms with E-state index in [-0.39, 0.29) is 31.0 Å². The van der Waals surface area contributed by atoms with Crippen LogP contribution in [-0.2, 0) is 23.8 Å². The molecule has 0 saturated heterocycles. The van der Waals surface area contributed by atoms with Crippen molar-refractivity contribution in [3.05, 3.63) is 70.1 Å². The summed E-state index contributed by atoms with van der Waals surface area (Å²) < 4.78 is 22.6. The number of nitrogens with zero attached hydrogens (tertiary/aromatic N) is 4. The molecular weight excluding hydrogens is 556 g/mol. The van der Waals surface area contributed by atoms with Gasteiger partial charge < -0.3 is 24.1 Å². The van der Waals surface area contributed by atoms with Crippen LogP contribution in [0.1, 0.15) is 63.7 Å². The van der Waals surface area contributed by atoms with Crippen LogP contribution in [0.15, 0.2) is 58.6 Å². The number of rotatable bonds is 16. The van der Waals surface area contributed by atoms with Crippen LogP contribution in [0.3, 0.4) is 0 Å². The van der Waals surface area contributed by atoms with E-state index in [1.807, 2.05) is 0 Å². The average molecular weight is 597 g/mol. The van der Waals surface area contributed by atoms with Crippen LogP contribution in [0, 0.1) is 0 Å². The number of methoxy groups -OCH3 is 1. The molecule has 2 atom stereocenters. The molecule has 0 bridgehead atoms. The van der Waals surface area contributed by atoms with Crippen molar-refractivity contribution in [1.82, 2.24) is 10.9 Å². The van der Waals surface area contributed by atoms with Gasteiger partial charge in [-0.1, -0.05) is 29.4 Å². The second-order valence-electron chi connectivity index (χ2n) is 10.9. The maximum Gasteiger partial charge on any atom is 0.306 e. The molecule has 2 aromatic rings. The molecule has 43 heavy (non-hydrogen) atoms. The Kier molecular flexibility index (Phi) is 12.3. The molecule has 2 aromatic carbocycles. The van der Waals surface area contributed by atoms with Crippen LogP contribution in [0.4, 0.5) is 5.69 Å². The third-order valence-electron chi connectivity index (χ3n) is 6.38. The molecule has 13 nitrogen and oxygen atoms in total. The van der Waals surface area contributed by atoms with Crippen LogP contribution in [0.5, 0.6) is 5.75 Å². The lowest BCUT2D eigenvalue weighted by molar-refractivity contribution is -0.155. The zero-order chi connectivity index (χ0) is 31.3. The van der Waals surface area contributed by atoms with Gasteiger partial charge in [-0.25, -0.2) is 10.4 Å². The molecule has 0 fully saturated rings. The van der Waals surface area contributed by atoms with Gasteiger partial charge in [-0.05, 0) is 63.4 Å². The second kappa shape index (κ2) is 15.9. The molecule has 1 amide bonds. The SMILES string of the molecule is COCCCNNC(=O)[C@@]1(CCC(=O)OC(C)(C)C)N=C(c2ccc(OCCCO)cc2)O[C@H]1c1ccccc1N=[N+]=[N-]. The fourth-order valence-electron chi connectivity index (χ4n) is 4.44. The second-order valence-corrected chi connectivity index (χ2v) is 10.9. The Hall–Kier alpha value is -4.16. The standard InChI is InChI=1S/C30H40N6O7/c1-29(2,3)43-25(38)15-16-30(28(39)35-32-17-7-19-40-4)26(23-9-5-6-10-24(23)34-36-31)42-27(33-30)21-11-13-22(14-12-21)41-20-8-18-37/h5-6,9-14,26,32,37H,7-8,15-20H2,1-4H3,(H,35,39)/t26-,30-/m0/s1. The Morgan fingerprint density at radius 1 is 1.14 bits per heavy atom. The van der Waals surface area contributed by atoms with Crippen LogP contribution in [-0.4, -0.2) is 67.5 Å². The zero-order valence-corrected chi connectivity index (χ0v) is 25.0. The lowest BCUT2D eigenvalue weighted by Crippen LogP contribution is -2.53. The van der Waals surface area contributed by atoms with E-state index < -0.39 is 29.1 Å². The summed E-state index contributed by atoms with van der Waals surface area (Å²) in [4.78, 5) is 34.7. The third kappa shape index (κ3) is 9.42. The van der Waals surface area contributed by atoms with E-state index in [2.05, 4.69) is 20.9 Å². The molecule has 1 heterocycles. The molecule has 1 aliphatic rings. The number of aliphatic hydroxyl groups excluding tert-OH is 1. The van der Waals surface area contributed by atoms with E-state index in [9.17, 15) is 15.1 Å². The number of carbonyl (C=O) groups is 2. The predicted molar refractivity (Wildman–Crippen MR) is 160 cm³/mol. The van der Waals surface area contributed by atoms with Crippen LogP contribution < -0.4 is 15.6 Å². The first-order valence-electron chi connectivity index (χ1n) is 14.1. The van der Waals surface area contributed by atoms with E-state index in [0.717, 1.165) is 0 Å². The summed E-state index contributed by atoms with van der Waals surface area (Å²) in [6.07, 6.45) is -0.102. The molecule has 0 unspecified atom stereocenters. The van der Waals surface area contributed by atoms with Gasteiger partial charge in [0.05, 0.1) is 6.61 Å². The van der Waals surface area contributed by atoms with Crippen molar-refractivity contribution in [1.29, 1.82) is 0 Å². The largest absolute Gasteiger partial charge is 0.494 e. The van der Waals surface area contributed by atoms with Gasteiger partial charge in [-0.2, -0.15) is 0 Å². The summed E-state index contributed by atoms with van der Waals surface area (Å²) in [7, 11) is 1.59. The number of aliphatic hydroxyl groups is 1. The maximum absolute atomic E-state index is 14.0. The van der Waals surface area contributed by atoms with Gasteiger partial charge >= 0.3 is 5.97 Å². The lowest BCUT2D eigenvalue weighted by atomic mass is 9.83. The molecule has 0 aromatic heterocycles. The molecule has 3 rings (SSSR count). The Labute approximate surface area is 251 Å². The van der Waals surface area contributed by atoms with Gasteiger partial charge in [0.1, 0.15) is 11.4 Å². The number of hydrogen-bond acceptors (Lipinski definition) is 10. The van der Waals surface area contributed by atoms with Crippen LogP contribution in [0.2, 0.25) is 0 Å². The minimum Gasteiger partial charge on any atom is -0.494 e. The van der Waals surface area contributed by atoms with Crippen LogP contribution in [0.25, 0.3) is 10.4 Å².